The highest BCUT2D eigenvalue weighted by atomic mass is 32.2. The van der Waals surface area contributed by atoms with E-state index in [1.54, 1.807) is 0 Å². The van der Waals surface area contributed by atoms with Gasteiger partial charge in [-0.2, -0.15) is 0 Å². The molecule has 20 heavy (non-hydrogen) atoms. The predicted octanol–water partition coefficient (Wildman–Crippen LogP) is 2.01. The van der Waals surface area contributed by atoms with Gasteiger partial charge < -0.3 is 10.3 Å². The number of thioether (sulfide) groups is 1. The van der Waals surface area contributed by atoms with E-state index in [0.717, 1.165) is 16.5 Å². The SMILES string of the molecule is Cn1c(S[C@H](C(N)=O)c2ccccc2)nnc1C1CC1. The molecule has 0 saturated heterocycles. The Kier molecular flexibility index (Phi) is 3.48. The van der Waals surface area contributed by atoms with Crippen LogP contribution in [-0.2, 0) is 11.8 Å². The maximum atomic E-state index is 11.7. The Balaban J connectivity index is 1.85. The number of amides is 1. The number of nitrogens with zero attached hydrogens (tertiary/aromatic N) is 3. The Labute approximate surface area is 121 Å². The largest absolute Gasteiger partial charge is 0.368 e. The van der Waals surface area contributed by atoms with E-state index in [4.69, 9.17) is 5.73 Å². The lowest BCUT2D eigenvalue weighted by atomic mass is 10.1. The van der Waals surface area contributed by atoms with E-state index in [1.165, 1.54) is 24.6 Å². The lowest BCUT2D eigenvalue weighted by molar-refractivity contribution is -0.117. The molecule has 1 saturated carbocycles. The van der Waals surface area contributed by atoms with Crippen molar-refractivity contribution in [2.75, 3.05) is 0 Å². The molecule has 1 aliphatic rings. The van der Waals surface area contributed by atoms with Gasteiger partial charge in [-0.1, -0.05) is 42.1 Å². The van der Waals surface area contributed by atoms with Gasteiger partial charge in [0, 0.05) is 13.0 Å². The molecule has 0 unspecified atom stereocenters. The first kappa shape index (κ1) is 13.2. The van der Waals surface area contributed by atoms with Gasteiger partial charge in [-0.3, -0.25) is 4.79 Å². The van der Waals surface area contributed by atoms with Crippen LogP contribution in [0.15, 0.2) is 35.5 Å². The molecule has 1 amide bonds. The van der Waals surface area contributed by atoms with Crippen LogP contribution in [0, 0.1) is 0 Å². The van der Waals surface area contributed by atoms with Crippen molar-refractivity contribution in [2.45, 2.75) is 29.2 Å². The number of aromatic nitrogens is 3. The fourth-order valence-corrected chi connectivity index (χ4v) is 3.11. The maximum absolute atomic E-state index is 11.7. The molecule has 5 nitrogen and oxygen atoms in total. The van der Waals surface area contributed by atoms with Gasteiger partial charge >= 0.3 is 0 Å². The van der Waals surface area contributed by atoms with Gasteiger partial charge in [0.05, 0.1) is 0 Å². The number of nitrogens with two attached hydrogens (primary N) is 1. The highest BCUT2D eigenvalue weighted by Gasteiger charge is 2.30. The smallest absolute Gasteiger partial charge is 0.235 e. The monoisotopic (exact) mass is 288 g/mol. The average molecular weight is 288 g/mol. The number of rotatable bonds is 5. The van der Waals surface area contributed by atoms with Crippen LogP contribution in [0.2, 0.25) is 0 Å². The van der Waals surface area contributed by atoms with Crippen molar-refractivity contribution in [2.24, 2.45) is 12.8 Å². The van der Waals surface area contributed by atoms with Crippen LogP contribution in [0.5, 0.6) is 0 Å². The molecule has 1 atom stereocenters. The van der Waals surface area contributed by atoms with E-state index in [9.17, 15) is 4.79 Å². The van der Waals surface area contributed by atoms with Gasteiger partial charge in [0.25, 0.3) is 0 Å². The standard InChI is InChI=1S/C14H16N4OS/c1-18-13(10-7-8-10)16-17-14(18)20-11(12(15)19)9-5-3-2-4-6-9/h2-6,10-11H,7-8H2,1H3,(H2,15,19)/t11-/m0/s1. The Hall–Kier alpha value is -1.82. The Morgan fingerprint density at radius 1 is 1.35 bits per heavy atom. The molecule has 1 fully saturated rings. The van der Waals surface area contributed by atoms with Gasteiger partial charge in [0.2, 0.25) is 5.91 Å². The van der Waals surface area contributed by atoms with Crippen molar-refractivity contribution < 1.29 is 4.79 Å². The highest BCUT2D eigenvalue weighted by molar-refractivity contribution is 8.00. The minimum Gasteiger partial charge on any atom is -0.368 e. The number of hydrogen-bond acceptors (Lipinski definition) is 4. The zero-order valence-electron chi connectivity index (χ0n) is 11.2. The van der Waals surface area contributed by atoms with Gasteiger partial charge in [-0.05, 0) is 18.4 Å². The van der Waals surface area contributed by atoms with Crippen LogP contribution < -0.4 is 5.73 Å². The molecule has 0 radical (unpaired) electrons. The molecule has 0 aliphatic heterocycles. The van der Waals surface area contributed by atoms with E-state index in [2.05, 4.69) is 10.2 Å². The summed E-state index contributed by atoms with van der Waals surface area (Å²) in [5.74, 6) is 1.17. The fourth-order valence-electron chi connectivity index (χ4n) is 2.15. The van der Waals surface area contributed by atoms with E-state index >= 15 is 0 Å². The van der Waals surface area contributed by atoms with E-state index in [-0.39, 0.29) is 5.91 Å². The first-order chi connectivity index (χ1) is 9.66. The minimum absolute atomic E-state index is 0.364. The predicted molar refractivity (Wildman–Crippen MR) is 77.2 cm³/mol. The van der Waals surface area contributed by atoms with Crippen molar-refractivity contribution in [3.8, 4) is 0 Å². The fraction of sp³-hybridized carbons (Fsp3) is 0.357. The molecule has 1 aliphatic carbocycles. The first-order valence-electron chi connectivity index (χ1n) is 6.57. The van der Waals surface area contributed by atoms with Crippen LogP contribution in [-0.4, -0.2) is 20.7 Å². The second kappa shape index (κ2) is 5.28. The molecule has 2 N–H and O–H groups in total. The molecule has 1 aromatic carbocycles. The third-order valence-electron chi connectivity index (χ3n) is 3.40. The van der Waals surface area contributed by atoms with Crippen LogP contribution in [0.25, 0.3) is 0 Å². The van der Waals surface area contributed by atoms with Crippen molar-refractivity contribution in [3.63, 3.8) is 0 Å². The summed E-state index contributed by atoms with van der Waals surface area (Å²) in [4.78, 5) is 11.7. The van der Waals surface area contributed by atoms with E-state index in [1.807, 2.05) is 41.9 Å². The van der Waals surface area contributed by atoms with Crippen molar-refractivity contribution in [1.82, 2.24) is 14.8 Å². The molecule has 1 heterocycles. The first-order valence-corrected chi connectivity index (χ1v) is 7.45. The average Bonchev–Trinajstić information content (AvgIpc) is 3.22. The quantitative estimate of drug-likeness (QED) is 0.854. The molecule has 6 heteroatoms. The van der Waals surface area contributed by atoms with Crippen molar-refractivity contribution >= 4 is 17.7 Å². The van der Waals surface area contributed by atoms with Crippen molar-refractivity contribution in [1.29, 1.82) is 0 Å². The summed E-state index contributed by atoms with van der Waals surface area (Å²) in [5.41, 5.74) is 6.42. The Bertz CT molecular complexity index is 621. The maximum Gasteiger partial charge on any atom is 0.235 e. The summed E-state index contributed by atoms with van der Waals surface area (Å²) in [6.45, 7) is 0. The Morgan fingerprint density at radius 2 is 2.05 bits per heavy atom. The molecule has 104 valence electrons. The molecule has 0 spiro atoms. The van der Waals surface area contributed by atoms with Crippen LogP contribution in [0.1, 0.15) is 35.4 Å². The van der Waals surface area contributed by atoms with Gasteiger partial charge in [0.15, 0.2) is 5.16 Å². The van der Waals surface area contributed by atoms with Crippen LogP contribution >= 0.6 is 11.8 Å². The van der Waals surface area contributed by atoms with E-state index in [0.29, 0.717) is 5.92 Å². The molecular weight excluding hydrogens is 272 g/mol. The molecule has 3 rings (SSSR count). The summed E-state index contributed by atoms with van der Waals surface area (Å²) >= 11 is 1.36. The molecule has 1 aromatic heterocycles. The third kappa shape index (κ3) is 2.56. The van der Waals surface area contributed by atoms with Crippen molar-refractivity contribution in [3.05, 3.63) is 41.7 Å². The summed E-state index contributed by atoms with van der Waals surface area (Å²) in [7, 11) is 1.94. The number of carbonyl (C=O) groups is 1. The van der Waals surface area contributed by atoms with Gasteiger partial charge in [-0.25, -0.2) is 0 Å². The Morgan fingerprint density at radius 3 is 2.65 bits per heavy atom. The van der Waals surface area contributed by atoms with Gasteiger partial charge in [-0.15, -0.1) is 10.2 Å². The van der Waals surface area contributed by atoms with Crippen LogP contribution in [0.3, 0.4) is 0 Å². The second-order valence-electron chi connectivity index (χ2n) is 4.99. The normalized spacial score (nSPS) is 16.1. The van der Waals surface area contributed by atoms with Crippen LogP contribution in [0.4, 0.5) is 0 Å². The van der Waals surface area contributed by atoms with Gasteiger partial charge in [0.1, 0.15) is 11.1 Å². The number of benzene rings is 1. The molecule has 2 aromatic rings. The topological polar surface area (TPSA) is 73.8 Å². The number of carbonyl (C=O) groups excluding carboxylic acids is 1. The summed E-state index contributed by atoms with van der Waals surface area (Å²) < 4.78 is 1.97. The summed E-state index contributed by atoms with van der Waals surface area (Å²) in [6, 6.07) is 9.52. The lowest BCUT2D eigenvalue weighted by Crippen LogP contribution is -2.19. The summed E-state index contributed by atoms with van der Waals surface area (Å²) in [5, 5.41) is 8.71. The molecular formula is C14H16N4OS. The minimum atomic E-state index is -0.439. The number of hydrogen-bond donors (Lipinski definition) is 1. The van der Waals surface area contributed by atoms with E-state index < -0.39 is 5.25 Å². The zero-order valence-corrected chi connectivity index (χ0v) is 12.0. The zero-order chi connectivity index (χ0) is 14.1. The lowest BCUT2D eigenvalue weighted by Gasteiger charge is -2.12. The number of primary amides is 1. The third-order valence-corrected chi connectivity index (χ3v) is 4.70. The summed E-state index contributed by atoms with van der Waals surface area (Å²) in [6.07, 6.45) is 2.35. The highest BCUT2D eigenvalue weighted by Crippen LogP contribution is 2.41. The molecule has 0 bridgehead atoms. The second-order valence-corrected chi connectivity index (χ2v) is 6.06.